The van der Waals surface area contributed by atoms with E-state index in [2.05, 4.69) is 20.8 Å². The second kappa shape index (κ2) is 6.59. The molecule has 1 aromatic carbocycles. The molecule has 1 N–H and O–H groups in total. The molecule has 0 spiro atoms. The minimum atomic E-state index is -0.201. The van der Waals surface area contributed by atoms with E-state index in [1.54, 1.807) is 14.2 Å². The van der Waals surface area contributed by atoms with Gasteiger partial charge in [-0.1, -0.05) is 6.07 Å². The van der Waals surface area contributed by atoms with Crippen molar-refractivity contribution in [2.45, 2.75) is 25.5 Å². The molecule has 0 amide bonds. The predicted molar refractivity (Wildman–Crippen MR) is 77.8 cm³/mol. The standard InChI is InChI=1S/C14H20BrNO3/c1-18-12-6-5-10(13(15)14(12)19-2)8-16-7-3-4-11(17)9-16/h5-6,11,17H,3-4,7-9H2,1-2H3. The first-order valence-corrected chi connectivity index (χ1v) is 7.24. The second-order valence-electron chi connectivity index (χ2n) is 4.81. The highest BCUT2D eigenvalue weighted by molar-refractivity contribution is 9.10. The molecule has 0 saturated carbocycles. The number of rotatable bonds is 4. The average Bonchev–Trinajstić information content (AvgIpc) is 2.41. The molecule has 0 radical (unpaired) electrons. The number of likely N-dealkylation sites (tertiary alicyclic amines) is 1. The third kappa shape index (κ3) is 3.41. The molecule has 5 heteroatoms. The summed E-state index contributed by atoms with van der Waals surface area (Å²) in [4.78, 5) is 2.26. The highest BCUT2D eigenvalue weighted by Crippen LogP contribution is 2.38. The number of aliphatic hydroxyl groups excluding tert-OH is 1. The van der Waals surface area contributed by atoms with Crippen LogP contribution in [0.5, 0.6) is 11.5 Å². The number of nitrogens with zero attached hydrogens (tertiary/aromatic N) is 1. The minimum absolute atomic E-state index is 0.201. The van der Waals surface area contributed by atoms with Gasteiger partial charge in [0.1, 0.15) is 0 Å². The van der Waals surface area contributed by atoms with Crippen molar-refractivity contribution >= 4 is 15.9 Å². The van der Waals surface area contributed by atoms with Gasteiger partial charge in [0.2, 0.25) is 0 Å². The summed E-state index contributed by atoms with van der Waals surface area (Å²) in [6.07, 6.45) is 1.75. The summed E-state index contributed by atoms with van der Waals surface area (Å²) < 4.78 is 11.6. The Bertz CT molecular complexity index is 439. The lowest BCUT2D eigenvalue weighted by molar-refractivity contribution is 0.0667. The van der Waals surface area contributed by atoms with Crippen molar-refractivity contribution < 1.29 is 14.6 Å². The number of benzene rings is 1. The van der Waals surface area contributed by atoms with Crippen LogP contribution in [0.3, 0.4) is 0 Å². The first-order chi connectivity index (χ1) is 9.15. The normalized spacial score (nSPS) is 20.3. The Balaban J connectivity index is 2.16. The third-order valence-electron chi connectivity index (χ3n) is 3.44. The van der Waals surface area contributed by atoms with Crippen LogP contribution in [-0.2, 0) is 6.54 Å². The van der Waals surface area contributed by atoms with Gasteiger partial charge in [0.15, 0.2) is 11.5 Å². The number of aliphatic hydroxyl groups is 1. The van der Waals surface area contributed by atoms with Gasteiger partial charge in [-0.05, 0) is 46.9 Å². The highest BCUT2D eigenvalue weighted by atomic mass is 79.9. The average molecular weight is 330 g/mol. The Morgan fingerprint density at radius 2 is 2.16 bits per heavy atom. The fourth-order valence-electron chi connectivity index (χ4n) is 2.47. The molecule has 1 heterocycles. The summed E-state index contributed by atoms with van der Waals surface area (Å²) in [7, 11) is 3.27. The van der Waals surface area contributed by atoms with E-state index in [0.717, 1.165) is 54.0 Å². The number of piperidine rings is 1. The molecule has 1 saturated heterocycles. The zero-order chi connectivity index (χ0) is 13.8. The van der Waals surface area contributed by atoms with Gasteiger partial charge in [-0.15, -0.1) is 0 Å². The van der Waals surface area contributed by atoms with Crippen molar-refractivity contribution in [1.29, 1.82) is 0 Å². The van der Waals surface area contributed by atoms with Crippen LogP contribution in [0.15, 0.2) is 16.6 Å². The first kappa shape index (κ1) is 14.6. The molecular weight excluding hydrogens is 310 g/mol. The Labute approximate surface area is 122 Å². The number of ether oxygens (including phenoxy) is 2. The van der Waals surface area contributed by atoms with Gasteiger partial charge < -0.3 is 14.6 Å². The number of hydrogen-bond acceptors (Lipinski definition) is 4. The number of β-amino-alcohol motifs (C(OH)–C–C–N with tert-alkyl or cyclic N) is 1. The van der Waals surface area contributed by atoms with Crippen LogP contribution in [0.4, 0.5) is 0 Å². The molecule has 1 atom stereocenters. The fourth-order valence-corrected chi connectivity index (χ4v) is 3.08. The molecule has 106 valence electrons. The Morgan fingerprint density at radius 3 is 2.79 bits per heavy atom. The highest BCUT2D eigenvalue weighted by Gasteiger charge is 2.20. The monoisotopic (exact) mass is 329 g/mol. The molecule has 1 aliphatic heterocycles. The summed E-state index contributed by atoms with van der Waals surface area (Å²) in [5.74, 6) is 1.44. The summed E-state index contributed by atoms with van der Waals surface area (Å²) in [5.41, 5.74) is 1.15. The van der Waals surface area contributed by atoms with Gasteiger partial charge in [-0.2, -0.15) is 0 Å². The quantitative estimate of drug-likeness (QED) is 0.921. The zero-order valence-electron chi connectivity index (χ0n) is 11.4. The van der Waals surface area contributed by atoms with E-state index in [-0.39, 0.29) is 6.10 Å². The van der Waals surface area contributed by atoms with Crippen LogP contribution >= 0.6 is 15.9 Å². The molecule has 2 rings (SSSR count). The maximum absolute atomic E-state index is 9.71. The summed E-state index contributed by atoms with van der Waals surface area (Å²) in [6, 6.07) is 3.95. The van der Waals surface area contributed by atoms with E-state index < -0.39 is 0 Å². The lowest BCUT2D eigenvalue weighted by Gasteiger charge is -2.30. The van der Waals surface area contributed by atoms with Crippen molar-refractivity contribution in [1.82, 2.24) is 4.90 Å². The van der Waals surface area contributed by atoms with E-state index in [9.17, 15) is 5.11 Å². The van der Waals surface area contributed by atoms with Crippen LogP contribution < -0.4 is 9.47 Å². The summed E-state index contributed by atoms with van der Waals surface area (Å²) in [6.45, 7) is 2.57. The van der Waals surface area contributed by atoms with E-state index in [0.29, 0.717) is 0 Å². The molecule has 1 aliphatic rings. The Morgan fingerprint density at radius 1 is 1.37 bits per heavy atom. The van der Waals surface area contributed by atoms with Crippen molar-refractivity contribution in [3.05, 3.63) is 22.2 Å². The van der Waals surface area contributed by atoms with Crippen LogP contribution in [0, 0.1) is 0 Å². The maximum atomic E-state index is 9.71. The molecular formula is C14H20BrNO3. The van der Waals surface area contributed by atoms with E-state index in [1.807, 2.05) is 12.1 Å². The van der Waals surface area contributed by atoms with E-state index in [4.69, 9.17) is 9.47 Å². The van der Waals surface area contributed by atoms with Crippen LogP contribution in [0.2, 0.25) is 0 Å². The molecule has 1 fully saturated rings. The molecule has 0 aromatic heterocycles. The van der Waals surface area contributed by atoms with Gasteiger partial charge in [0.05, 0.1) is 24.8 Å². The number of methoxy groups -OCH3 is 2. The van der Waals surface area contributed by atoms with Crippen LogP contribution in [0.25, 0.3) is 0 Å². The minimum Gasteiger partial charge on any atom is -0.493 e. The molecule has 0 bridgehead atoms. The molecule has 19 heavy (non-hydrogen) atoms. The van der Waals surface area contributed by atoms with Crippen molar-refractivity contribution in [3.8, 4) is 11.5 Å². The topological polar surface area (TPSA) is 41.9 Å². The Kier molecular flexibility index (Phi) is 5.07. The molecule has 1 unspecified atom stereocenters. The van der Waals surface area contributed by atoms with Gasteiger partial charge in [0.25, 0.3) is 0 Å². The van der Waals surface area contributed by atoms with Crippen LogP contribution in [0.1, 0.15) is 18.4 Å². The zero-order valence-corrected chi connectivity index (χ0v) is 12.9. The molecule has 0 aliphatic carbocycles. The number of halogens is 1. The van der Waals surface area contributed by atoms with Crippen LogP contribution in [-0.4, -0.2) is 43.4 Å². The van der Waals surface area contributed by atoms with Gasteiger partial charge in [-0.3, -0.25) is 4.90 Å². The maximum Gasteiger partial charge on any atom is 0.175 e. The van der Waals surface area contributed by atoms with Gasteiger partial charge in [0, 0.05) is 13.1 Å². The first-order valence-electron chi connectivity index (χ1n) is 6.45. The molecule has 1 aromatic rings. The lowest BCUT2D eigenvalue weighted by atomic mass is 10.1. The predicted octanol–water partition coefficient (Wildman–Crippen LogP) is 2.42. The third-order valence-corrected chi connectivity index (χ3v) is 4.31. The molecule has 4 nitrogen and oxygen atoms in total. The lowest BCUT2D eigenvalue weighted by Crippen LogP contribution is -2.37. The van der Waals surface area contributed by atoms with Gasteiger partial charge in [-0.25, -0.2) is 0 Å². The van der Waals surface area contributed by atoms with Gasteiger partial charge >= 0.3 is 0 Å². The SMILES string of the molecule is COc1ccc(CN2CCCC(O)C2)c(Br)c1OC. The largest absolute Gasteiger partial charge is 0.493 e. The van der Waals surface area contributed by atoms with Crippen molar-refractivity contribution in [3.63, 3.8) is 0 Å². The Hall–Kier alpha value is -0.780. The second-order valence-corrected chi connectivity index (χ2v) is 5.60. The summed E-state index contributed by atoms with van der Waals surface area (Å²) >= 11 is 3.58. The van der Waals surface area contributed by atoms with Crippen molar-refractivity contribution in [2.24, 2.45) is 0 Å². The van der Waals surface area contributed by atoms with E-state index in [1.165, 1.54) is 0 Å². The smallest absolute Gasteiger partial charge is 0.175 e. The van der Waals surface area contributed by atoms with Crippen molar-refractivity contribution in [2.75, 3.05) is 27.3 Å². The number of hydrogen-bond donors (Lipinski definition) is 1. The summed E-state index contributed by atoms with van der Waals surface area (Å²) in [5, 5.41) is 9.71. The fraction of sp³-hybridized carbons (Fsp3) is 0.571. The van der Waals surface area contributed by atoms with E-state index >= 15 is 0 Å².